The van der Waals surface area contributed by atoms with Gasteiger partial charge in [-0.1, -0.05) is 17.3 Å². The summed E-state index contributed by atoms with van der Waals surface area (Å²) in [4.78, 5) is 79.6. The maximum absolute atomic E-state index is 14.0. The van der Waals surface area contributed by atoms with E-state index in [1.807, 2.05) is 47.5 Å². The first-order valence-corrected chi connectivity index (χ1v) is 20.9. The Morgan fingerprint density at radius 3 is 2.55 bits per heavy atom. The van der Waals surface area contributed by atoms with Gasteiger partial charge in [0.1, 0.15) is 41.7 Å². The number of hydrogen-bond acceptors (Lipinski definition) is 15. The summed E-state index contributed by atoms with van der Waals surface area (Å²) >= 11 is 2.16. The zero-order valence-corrected chi connectivity index (χ0v) is 36.2. The van der Waals surface area contributed by atoms with Crippen molar-refractivity contribution in [2.45, 2.75) is 71.3 Å². The van der Waals surface area contributed by atoms with E-state index in [-0.39, 0.29) is 48.7 Å². The van der Waals surface area contributed by atoms with E-state index in [1.54, 1.807) is 65.3 Å². The number of pyridine rings is 1. The van der Waals surface area contributed by atoms with Crippen LogP contribution in [0, 0.1) is 18.4 Å². The molecule has 6 rings (SSSR count). The van der Waals surface area contributed by atoms with Gasteiger partial charge in [-0.2, -0.15) is 14.6 Å². The normalized spacial score (nSPS) is 16.0. The minimum Gasteiger partial charge on any atom is -0.497 e. The molecule has 0 spiro atoms. The van der Waals surface area contributed by atoms with Crippen LogP contribution in [0.5, 0.6) is 5.75 Å². The second-order valence-corrected chi connectivity index (χ2v) is 16.5. The zero-order valence-electron chi connectivity index (χ0n) is 34.6. The lowest BCUT2D eigenvalue weighted by Crippen LogP contribution is -2.71. The molecule has 324 valence electrons. The Morgan fingerprint density at radius 1 is 1.13 bits per heavy atom. The summed E-state index contributed by atoms with van der Waals surface area (Å²) in [5.74, 6) is -1.25. The number of benzene rings is 1. The lowest BCUT2D eigenvalue weighted by molar-refractivity contribution is -0.689. The number of methoxy groups -OCH3 is 1. The molecule has 5 N–H and O–H groups in total. The summed E-state index contributed by atoms with van der Waals surface area (Å²) in [6.45, 7) is 9.19. The van der Waals surface area contributed by atoms with Crippen molar-refractivity contribution in [3.05, 3.63) is 88.9 Å². The predicted octanol–water partition coefficient (Wildman–Crippen LogP) is 3.60. The third kappa shape index (κ3) is 10.7. The molecular weight excluding hydrogens is 843 g/mol. The van der Waals surface area contributed by atoms with Gasteiger partial charge >= 0.3 is 18.1 Å². The fourth-order valence-electron chi connectivity index (χ4n) is 6.26. The molecule has 5 heterocycles. The Labute approximate surface area is 364 Å². The third-order valence-corrected chi connectivity index (χ3v) is 11.2. The van der Waals surface area contributed by atoms with Gasteiger partial charge in [-0.15, -0.1) is 11.8 Å². The SMILES string of the molecule is CCON=C(C(=O)NC1C(=O)N2C(C(=O)OCc3ccc(OC)cc3)=C(C[n+]3ccc(-c4c[nH]c(CNC(=O)NC#N)c4C)cc3)CSC12)c1nsc(NC(=O)OC(C)(C)C)n1. The molecular formula is C40H44N11O9S2+. The maximum Gasteiger partial charge on any atom is 0.414 e. The molecule has 1 saturated heterocycles. The molecule has 1 fully saturated rings. The number of carbonyl (C=O) groups is 5. The molecule has 0 radical (unpaired) electrons. The number of esters is 1. The van der Waals surface area contributed by atoms with Crippen LogP contribution in [0.4, 0.5) is 14.7 Å². The number of carbonyl (C=O) groups excluding carboxylic acids is 5. The molecule has 2 aliphatic heterocycles. The summed E-state index contributed by atoms with van der Waals surface area (Å²) in [5, 5.41) is 21.8. The smallest absolute Gasteiger partial charge is 0.414 e. The largest absolute Gasteiger partial charge is 0.497 e. The van der Waals surface area contributed by atoms with E-state index in [1.165, 1.54) is 16.7 Å². The first-order chi connectivity index (χ1) is 29.7. The summed E-state index contributed by atoms with van der Waals surface area (Å²) in [6.07, 6.45) is 6.36. The minimum absolute atomic E-state index is 0.0466. The number of nitrogens with one attached hydrogen (secondary N) is 5. The Hall–Kier alpha value is -6.99. The molecule has 22 heteroatoms. The van der Waals surface area contributed by atoms with Crippen LogP contribution in [0.2, 0.25) is 0 Å². The summed E-state index contributed by atoms with van der Waals surface area (Å²) in [7, 11) is 1.55. The zero-order chi connectivity index (χ0) is 44.6. The van der Waals surface area contributed by atoms with Crippen molar-refractivity contribution in [2.24, 2.45) is 5.16 Å². The number of oxime groups is 1. The Balaban J connectivity index is 1.20. The highest BCUT2D eigenvalue weighted by atomic mass is 32.2. The molecule has 3 aromatic heterocycles. The molecule has 4 aromatic rings. The van der Waals surface area contributed by atoms with E-state index in [2.05, 4.69) is 35.4 Å². The van der Waals surface area contributed by atoms with Gasteiger partial charge in [0.25, 0.3) is 11.8 Å². The number of nitrogens with zero attached hydrogens (tertiary/aromatic N) is 6. The van der Waals surface area contributed by atoms with Gasteiger partial charge in [-0.25, -0.2) is 24.3 Å². The number of hydrogen-bond donors (Lipinski definition) is 5. The van der Waals surface area contributed by atoms with Crippen LogP contribution >= 0.6 is 23.3 Å². The first-order valence-electron chi connectivity index (χ1n) is 19.1. The van der Waals surface area contributed by atoms with Crippen molar-refractivity contribution in [3.63, 3.8) is 0 Å². The molecule has 1 aromatic carbocycles. The van der Waals surface area contributed by atoms with Crippen LogP contribution in [-0.4, -0.2) is 91.3 Å². The molecule has 2 aliphatic rings. The average molecular weight is 887 g/mol. The number of amides is 5. The standard InChI is InChI=1S/C40H43N11O9S2/c1-7-59-48-29(32-46-38(62-49-32)47-39(56)60-40(3,4)5)33(52)45-30-34(53)51-31(36(54)58-19-23-8-10-26(57-6)11-9-23)25(20-61-35(30)51)18-50-14-12-24(13-15-50)27-16-42-28(22(27)2)17-43-37(55)44-21-41/h8-16,30,35H,7,17-20H2,1-6H3,(H4,43,44,45,46,47,49,52,55,56)/p+1. The predicted molar refractivity (Wildman–Crippen MR) is 225 cm³/mol. The number of H-pyrrole nitrogens is 1. The quantitative estimate of drug-likeness (QED) is 0.0218. The fourth-order valence-corrected chi connectivity index (χ4v) is 8.16. The van der Waals surface area contributed by atoms with E-state index in [0.717, 1.165) is 33.9 Å². The van der Waals surface area contributed by atoms with Gasteiger partial charge in [-0.3, -0.25) is 19.8 Å². The molecule has 0 aliphatic carbocycles. The Bertz CT molecular complexity index is 2440. The lowest BCUT2D eigenvalue weighted by Gasteiger charge is -2.49. The van der Waals surface area contributed by atoms with Crippen LogP contribution in [0.1, 0.15) is 50.3 Å². The average Bonchev–Trinajstić information content (AvgIpc) is 3.86. The molecule has 5 amide bonds. The number of rotatable bonds is 15. The molecule has 2 unspecified atom stereocenters. The Kier molecular flexibility index (Phi) is 14.1. The van der Waals surface area contributed by atoms with Gasteiger partial charge in [0.2, 0.25) is 16.7 Å². The van der Waals surface area contributed by atoms with Crippen molar-refractivity contribution < 1.29 is 47.6 Å². The van der Waals surface area contributed by atoms with Gasteiger partial charge in [0.15, 0.2) is 25.1 Å². The molecule has 62 heavy (non-hydrogen) atoms. The van der Waals surface area contributed by atoms with Crippen molar-refractivity contribution in [3.8, 4) is 23.1 Å². The second-order valence-electron chi connectivity index (χ2n) is 14.6. The Morgan fingerprint density at radius 2 is 1.87 bits per heavy atom. The van der Waals surface area contributed by atoms with E-state index >= 15 is 0 Å². The monoisotopic (exact) mass is 886 g/mol. The fraction of sp³-hybridized carbons (Fsp3) is 0.350. The number of aromatic amines is 1. The van der Waals surface area contributed by atoms with Gasteiger partial charge in [-0.05, 0) is 63.4 Å². The molecule has 0 bridgehead atoms. The van der Waals surface area contributed by atoms with Crippen molar-refractivity contribution in [1.29, 1.82) is 5.26 Å². The van der Waals surface area contributed by atoms with Crippen LogP contribution in [0.25, 0.3) is 11.1 Å². The van der Waals surface area contributed by atoms with E-state index in [0.29, 0.717) is 22.6 Å². The number of anilines is 1. The summed E-state index contributed by atoms with van der Waals surface area (Å²) < 4.78 is 22.3. The highest BCUT2D eigenvalue weighted by molar-refractivity contribution is 8.00. The van der Waals surface area contributed by atoms with Gasteiger partial charge < -0.3 is 34.7 Å². The van der Waals surface area contributed by atoms with Crippen molar-refractivity contribution in [2.75, 3.05) is 24.8 Å². The number of aromatic nitrogens is 4. The van der Waals surface area contributed by atoms with Crippen LogP contribution < -0.4 is 30.6 Å². The molecule has 20 nitrogen and oxygen atoms in total. The number of ether oxygens (including phenoxy) is 3. The number of urea groups is 1. The summed E-state index contributed by atoms with van der Waals surface area (Å²) in [6, 6.07) is 9.19. The van der Waals surface area contributed by atoms with E-state index < -0.39 is 46.9 Å². The molecule has 0 saturated carbocycles. The second kappa shape index (κ2) is 19.6. The van der Waals surface area contributed by atoms with Crippen molar-refractivity contribution >= 4 is 64.0 Å². The number of β-lactam (4-membered cyclic amide) rings is 1. The maximum atomic E-state index is 14.0. The van der Waals surface area contributed by atoms with E-state index in [9.17, 15) is 24.0 Å². The van der Waals surface area contributed by atoms with Gasteiger partial charge in [0, 0.05) is 52.4 Å². The lowest BCUT2D eigenvalue weighted by atomic mass is 10.0. The minimum atomic E-state index is -1.05. The summed E-state index contributed by atoms with van der Waals surface area (Å²) in [5.41, 5.74) is 3.81. The molecule has 2 atom stereocenters. The van der Waals surface area contributed by atoms with Crippen LogP contribution in [-0.2, 0) is 48.4 Å². The number of fused-ring (bicyclic) bond motifs is 1. The number of nitriles is 1. The van der Waals surface area contributed by atoms with Gasteiger partial charge in [0.05, 0.1) is 13.7 Å². The third-order valence-electron chi connectivity index (χ3n) is 9.22. The van der Waals surface area contributed by atoms with Crippen LogP contribution in [0.3, 0.4) is 0 Å². The van der Waals surface area contributed by atoms with E-state index in [4.69, 9.17) is 24.3 Å². The first kappa shape index (κ1) is 44.6. The highest BCUT2D eigenvalue weighted by Crippen LogP contribution is 2.41. The number of thioether (sulfide) groups is 1. The highest BCUT2D eigenvalue weighted by Gasteiger charge is 2.55. The van der Waals surface area contributed by atoms with Crippen molar-refractivity contribution in [1.82, 2.24) is 35.2 Å². The topological polar surface area (TPSA) is 255 Å². The van der Waals surface area contributed by atoms with Crippen LogP contribution in [0.15, 0.2) is 71.4 Å².